The van der Waals surface area contributed by atoms with Gasteiger partial charge in [0.1, 0.15) is 0 Å². The molecule has 1 N–H and O–H groups in total. The normalized spacial score (nSPS) is 13.5. The highest BCUT2D eigenvalue weighted by molar-refractivity contribution is 5.15. The second-order valence-corrected chi connectivity index (χ2v) is 3.77. The lowest BCUT2D eigenvalue weighted by atomic mass is 10.2. The standard InChI is InChI=1S/C11H15F3N2O/c1-8(6-11(12,13)14)15-7-9-4-3-5-10(16-9)17-2/h3-5,8,15H,6-7H2,1-2H3. The van der Waals surface area contributed by atoms with E-state index in [9.17, 15) is 13.2 Å². The van der Waals surface area contributed by atoms with Gasteiger partial charge < -0.3 is 10.1 Å². The molecule has 6 heteroatoms. The van der Waals surface area contributed by atoms with E-state index in [1.807, 2.05) is 0 Å². The monoisotopic (exact) mass is 248 g/mol. The molecule has 0 saturated carbocycles. The number of hydrogen-bond donors (Lipinski definition) is 1. The topological polar surface area (TPSA) is 34.1 Å². The SMILES string of the molecule is COc1cccc(CNC(C)CC(F)(F)F)n1. The van der Waals surface area contributed by atoms with Crippen molar-refractivity contribution in [3.8, 4) is 5.88 Å². The van der Waals surface area contributed by atoms with E-state index in [0.717, 1.165) is 0 Å². The fraction of sp³-hybridized carbons (Fsp3) is 0.545. The molecule has 0 radical (unpaired) electrons. The lowest BCUT2D eigenvalue weighted by Crippen LogP contribution is -2.30. The van der Waals surface area contributed by atoms with Crippen LogP contribution in [0.5, 0.6) is 5.88 Å². The molecule has 1 aromatic heterocycles. The van der Waals surface area contributed by atoms with Crippen LogP contribution in [0.1, 0.15) is 19.0 Å². The van der Waals surface area contributed by atoms with Gasteiger partial charge in [0, 0.05) is 18.7 Å². The molecule has 0 aliphatic rings. The second kappa shape index (κ2) is 5.86. The Hall–Kier alpha value is -1.30. The van der Waals surface area contributed by atoms with E-state index in [1.165, 1.54) is 14.0 Å². The van der Waals surface area contributed by atoms with Crippen LogP contribution in [0.2, 0.25) is 0 Å². The number of aromatic nitrogens is 1. The first-order valence-electron chi connectivity index (χ1n) is 5.21. The van der Waals surface area contributed by atoms with E-state index in [1.54, 1.807) is 18.2 Å². The highest BCUT2D eigenvalue weighted by atomic mass is 19.4. The van der Waals surface area contributed by atoms with Gasteiger partial charge >= 0.3 is 6.18 Å². The predicted molar refractivity (Wildman–Crippen MR) is 57.8 cm³/mol. The van der Waals surface area contributed by atoms with E-state index in [-0.39, 0.29) is 6.54 Å². The zero-order valence-corrected chi connectivity index (χ0v) is 9.71. The number of pyridine rings is 1. The summed E-state index contributed by atoms with van der Waals surface area (Å²) in [7, 11) is 1.49. The third-order valence-electron chi connectivity index (χ3n) is 2.16. The average molecular weight is 248 g/mol. The minimum atomic E-state index is -4.14. The Bertz CT molecular complexity index is 355. The number of nitrogens with zero attached hydrogens (tertiary/aromatic N) is 1. The number of hydrogen-bond acceptors (Lipinski definition) is 3. The molecular formula is C11H15F3N2O. The minimum Gasteiger partial charge on any atom is -0.481 e. The van der Waals surface area contributed by atoms with Gasteiger partial charge in [0.05, 0.1) is 19.2 Å². The van der Waals surface area contributed by atoms with Gasteiger partial charge in [-0.15, -0.1) is 0 Å². The molecule has 1 atom stereocenters. The Kier molecular flexibility index (Phi) is 4.74. The molecule has 1 unspecified atom stereocenters. The van der Waals surface area contributed by atoms with Gasteiger partial charge in [0.2, 0.25) is 5.88 Å². The number of nitrogens with one attached hydrogen (secondary N) is 1. The summed E-state index contributed by atoms with van der Waals surface area (Å²) >= 11 is 0. The van der Waals surface area contributed by atoms with Crippen LogP contribution in [0, 0.1) is 0 Å². The molecule has 0 bridgehead atoms. The highest BCUT2D eigenvalue weighted by Crippen LogP contribution is 2.21. The van der Waals surface area contributed by atoms with Crippen LogP contribution in [-0.2, 0) is 6.54 Å². The number of halogens is 3. The van der Waals surface area contributed by atoms with Crippen LogP contribution in [0.25, 0.3) is 0 Å². The van der Waals surface area contributed by atoms with Crippen molar-refractivity contribution in [3.63, 3.8) is 0 Å². The molecule has 0 spiro atoms. The quantitative estimate of drug-likeness (QED) is 0.869. The van der Waals surface area contributed by atoms with Crippen LogP contribution in [-0.4, -0.2) is 24.3 Å². The Morgan fingerprint density at radius 2 is 2.12 bits per heavy atom. The average Bonchev–Trinajstić information content (AvgIpc) is 2.24. The van der Waals surface area contributed by atoms with Crippen LogP contribution in [0.15, 0.2) is 18.2 Å². The molecule has 0 fully saturated rings. The third kappa shape index (κ3) is 5.53. The van der Waals surface area contributed by atoms with Gasteiger partial charge in [-0.3, -0.25) is 0 Å². The lowest BCUT2D eigenvalue weighted by Gasteiger charge is -2.15. The Labute approximate surface area is 98.0 Å². The van der Waals surface area contributed by atoms with Crippen molar-refractivity contribution < 1.29 is 17.9 Å². The Morgan fingerprint density at radius 1 is 1.41 bits per heavy atom. The van der Waals surface area contributed by atoms with Crippen molar-refractivity contribution in [1.29, 1.82) is 0 Å². The van der Waals surface area contributed by atoms with E-state index < -0.39 is 18.6 Å². The van der Waals surface area contributed by atoms with Gasteiger partial charge in [-0.1, -0.05) is 6.07 Å². The van der Waals surface area contributed by atoms with Crippen molar-refractivity contribution in [1.82, 2.24) is 10.3 Å². The van der Waals surface area contributed by atoms with Crippen LogP contribution < -0.4 is 10.1 Å². The molecule has 96 valence electrons. The van der Waals surface area contributed by atoms with Gasteiger partial charge in [0.15, 0.2) is 0 Å². The van der Waals surface area contributed by atoms with E-state index in [4.69, 9.17) is 4.74 Å². The summed E-state index contributed by atoms with van der Waals surface area (Å²) in [5, 5.41) is 2.77. The fourth-order valence-corrected chi connectivity index (χ4v) is 1.37. The van der Waals surface area contributed by atoms with Gasteiger partial charge in [-0.25, -0.2) is 4.98 Å². The summed E-state index contributed by atoms with van der Waals surface area (Å²) in [5.74, 6) is 0.452. The molecule has 3 nitrogen and oxygen atoms in total. The van der Waals surface area contributed by atoms with Gasteiger partial charge in [-0.2, -0.15) is 13.2 Å². The van der Waals surface area contributed by atoms with E-state index in [2.05, 4.69) is 10.3 Å². The summed E-state index contributed by atoms with van der Waals surface area (Å²) < 4.78 is 41.1. The van der Waals surface area contributed by atoms with Crippen molar-refractivity contribution in [3.05, 3.63) is 23.9 Å². The van der Waals surface area contributed by atoms with Crippen molar-refractivity contribution in [2.75, 3.05) is 7.11 Å². The summed E-state index contributed by atoms with van der Waals surface area (Å²) in [5.41, 5.74) is 0.651. The minimum absolute atomic E-state index is 0.286. The number of alkyl halides is 3. The summed E-state index contributed by atoms with van der Waals surface area (Å²) in [6.07, 6.45) is -4.99. The Morgan fingerprint density at radius 3 is 2.71 bits per heavy atom. The van der Waals surface area contributed by atoms with Crippen molar-refractivity contribution >= 4 is 0 Å². The van der Waals surface area contributed by atoms with Gasteiger partial charge in [-0.05, 0) is 13.0 Å². The number of methoxy groups -OCH3 is 1. The van der Waals surface area contributed by atoms with Gasteiger partial charge in [0.25, 0.3) is 0 Å². The molecule has 0 saturated heterocycles. The third-order valence-corrected chi connectivity index (χ3v) is 2.16. The van der Waals surface area contributed by atoms with E-state index >= 15 is 0 Å². The summed E-state index contributed by atoms with van der Waals surface area (Å²) in [6, 6.07) is 4.53. The lowest BCUT2D eigenvalue weighted by molar-refractivity contribution is -0.139. The second-order valence-electron chi connectivity index (χ2n) is 3.77. The smallest absolute Gasteiger partial charge is 0.390 e. The number of rotatable bonds is 5. The Balaban J connectivity index is 2.44. The zero-order valence-electron chi connectivity index (χ0n) is 9.71. The fourth-order valence-electron chi connectivity index (χ4n) is 1.37. The molecule has 1 aromatic rings. The largest absolute Gasteiger partial charge is 0.481 e. The highest BCUT2D eigenvalue weighted by Gasteiger charge is 2.29. The first kappa shape index (κ1) is 13.8. The van der Waals surface area contributed by atoms with Crippen molar-refractivity contribution in [2.45, 2.75) is 32.1 Å². The number of ether oxygens (including phenoxy) is 1. The first-order valence-corrected chi connectivity index (χ1v) is 5.21. The molecule has 1 rings (SSSR count). The van der Waals surface area contributed by atoms with Crippen LogP contribution in [0.3, 0.4) is 0 Å². The molecule has 1 heterocycles. The zero-order chi connectivity index (χ0) is 12.9. The summed E-state index contributed by atoms with van der Waals surface area (Å²) in [6.45, 7) is 1.78. The van der Waals surface area contributed by atoms with E-state index in [0.29, 0.717) is 11.6 Å². The summed E-state index contributed by atoms with van der Waals surface area (Å²) in [4.78, 5) is 4.09. The molecule has 17 heavy (non-hydrogen) atoms. The predicted octanol–water partition coefficient (Wildman–Crippen LogP) is 2.52. The molecule has 0 aliphatic heterocycles. The maximum atomic E-state index is 12.1. The maximum absolute atomic E-state index is 12.1. The van der Waals surface area contributed by atoms with Crippen LogP contribution in [0.4, 0.5) is 13.2 Å². The van der Waals surface area contributed by atoms with Crippen LogP contribution >= 0.6 is 0 Å². The maximum Gasteiger partial charge on any atom is 0.390 e. The molecular weight excluding hydrogens is 233 g/mol. The first-order chi connectivity index (χ1) is 7.90. The molecule has 0 aliphatic carbocycles. The molecule has 0 aromatic carbocycles. The van der Waals surface area contributed by atoms with Crippen molar-refractivity contribution in [2.24, 2.45) is 0 Å². The molecule has 0 amide bonds.